The summed E-state index contributed by atoms with van der Waals surface area (Å²) in [6.07, 6.45) is 0.965. The summed E-state index contributed by atoms with van der Waals surface area (Å²) in [7, 11) is 0. The molecule has 0 unspecified atom stereocenters. The number of rotatable bonds is 8. The average molecular weight is 400 g/mol. The molecule has 0 spiro atoms. The van der Waals surface area contributed by atoms with Gasteiger partial charge >= 0.3 is 5.97 Å². The van der Waals surface area contributed by atoms with E-state index in [9.17, 15) is 4.79 Å². The minimum atomic E-state index is -0.876. The number of aliphatic carboxylic acids is 1. The van der Waals surface area contributed by atoms with Gasteiger partial charge in [-0.1, -0.05) is 24.8 Å². The molecular weight excluding hydrogens is 382 g/mol. The van der Waals surface area contributed by atoms with Crippen LogP contribution < -0.4 is 4.74 Å². The van der Waals surface area contributed by atoms with Gasteiger partial charge in [-0.25, -0.2) is 0 Å². The minimum Gasteiger partial charge on any atom is -0.484 e. The molecule has 0 aliphatic rings. The quantitative estimate of drug-likeness (QED) is 0.685. The third-order valence-electron chi connectivity index (χ3n) is 3.20. The van der Waals surface area contributed by atoms with Crippen LogP contribution >= 0.6 is 27.7 Å². The van der Waals surface area contributed by atoms with Gasteiger partial charge in [-0.05, 0) is 47.0 Å². The maximum absolute atomic E-state index is 10.7. The molecular formula is C15H18BrN3O3S. The monoisotopic (exact) mass is 399 g/mol. The Morgan fingerprint density at radius 1 is 1.39 bits per heavy atom. The number of halogens is 1. The van der Waals surface area contributed by atoms with Gasteiger partial charge in [0.25, 0.3) is 0 Å². The van der Waals surface area contributed by atoms with Gasteiger partial charge in [-0.3, -0.25) is 4.79 Å². The summed E-state index contributed by atoms with van der Waals surface area (Å²) in [6, 6.07) is 5.99. The molecule has 2 rings (SSSR count). The molecule has 0 radical (unpaired) electrons. The van der Waals surface area contributed by atoms with Gasteiger partial charge in [-0.15, -0.1) is 10.2 Å². The first kappa shape index (κ1) is 17.8. The van der Waals surface area contributed by atoms with Gasteiger partial charge in [0.15, 0.2) is 11.0 Å². The summed E-state index contributed by atoms with van der Waals surface area (Å²) in [5.41, 5.74) is 1.23. The summed E-state index contributed by atoms with van der Waals surface area (Å²) in [5, 5.41) is 17.5. The number of aromatic nitrogens is 3. The number of hydrogen-bond donors (Lipinski definition) is 1. The Bertz CT molecular complexity index is 691. The molecule has 124 valence electrons. The Morgan fingerprint density at radius 3 is 2.78 bits per heavy atom. The molecule has 8 heteroatoms. The van der Waals surface area contributed by atoms with Crippen LogP contribution in [0.25, 0.3) is 0 Å². The third-order valence-corrected chi connectivity index (χ3v) is 4.77. The van der Waals surface area contributed by atoms with E-state index in [1.54, 1.807) is 0 Å². The second-order valence-corrected chi connectivity index (χ2v) is 6.53. The zero-order valence-electron chi connectivity index (χ0n) is 13.0. The van der Waals surface area contributed by atoms with Gasteiger partial charge in [0, 0.05) is 6.54 Å². The highest BCUT2D eigenvalue weighted by Crippen LogP contribution is 2.27. The van der Waals surface area contributed by atoms with Crippen molar-refractivity contribution in [2.24, 2.45) is 0 Å². The third kappa shape index (κ3) is 4.71. The second kappa shape index (κ2) is 8.35. The zero-order chi connectivity index (χ0) is 16.8. The molecule has 1 N–H and O–H groups in total. The van der Waals surface area contributed by atoms with E-state index in [2.05, 4.69) is 33.1 Å². The number of ether oxygens (including phenoxy) is 1. The Balaban J connectivity index is 2.07. The fraction of sp³-hybridized carbons (Fsp3) is 0.400. The first-order valence-electron chi connectivity index (χ1n) is 7.23. The standard InChI is InChI=1S/C15H18BrN3O3S/c1-3-10-5-6-12(11(16)7-10)22-8-13-17-18-15(19(13)4-2)23-9-14(20)21/h5-7H,3-4,8-9H2,1-2H3,(H,20,21). The molecule has 23 heavy (non-hydrogen) atoms. The highest BCUT2D eigenvalue weighted by atomic mass is 79.9. The van der Waals surface area contributed by atoms with Crippen molar-refractivity contribution in [1.82, 2.24) is 14.8 Å². The fourth-order valence-electron chi connectivity index (χ4n) is 2.00. The number of nitrogens with zero attached hydrogens (tertiary/aromatic N) is 3. The van der Waals surface area contributed by atoms with Crippen LogP contribution in [0.2, 0.25) is 0 Å². The van der Waals surface area contributed by atoms with Crippen molar-refractivity contribution < 1.29 is 14.6 Å². The Hall–Kier alpha value is -1.54. The first-order valence-corrected chi connectivity index (χ1v) is 9.00. The molecule has 2 aromatic rings. The smallest absolute Gasteiger partial charge is 0.313 e. The maximum Gasteiger partial charge on any atom is 0.313 e. The van der Waals surface area contributed by atoms with Gasteiger partial charge in [0.1, 0.15) is 12.4 Å². The summed E-state index contributed by atoms with van der Waals surface area (Å²) >= 11 is 4.66. The zero-order valence-corrected chi connectivity index (χ0v) is 15.4. The molecule has 0 aliphatic carbocycles. The normalized spacial score (nSPS) is 10.7. The van der Waals surface area contributed by atoms with E-state index in [-0.39, 0.29) is 12.4 Å². The lowest BCUT2D eigenvalue weighted by Crippen LogP contribution is -2.08. The molecule has 6 nitrogen and oxygen atoms in total. The van der Waals surface area contributed by atoms with Crippen molar-refractivity contribution in [2.75, 3.05) is 5.75 Å². The van der Waals surface area contributed by atoms with Gasteiger partial charge in [-0.2, -0.15) is 0 Å². The largest absolute Gasteiger partial charge is 0.484 e. The summed E-state index contributed by atoms with van der Waals surface area (Å²) in [6.45, 7) is 4.99. The molecule has 0 atom stereocenters. The van der Waals surface area contributed by atoms with E-state index < -0.39 is 5.97 Å². The minimum absolute atomic E-state index is 0.0387. The number of carboxylic acid groups (broad SMARTS) is 1. The van der Waals surface area contributed by atoms with Crippen LogP contribution in [0.4, 0.5) is 0 Å². The van der Waals surface area contributed by atoms with Crippen molar-refractivity contribution in [3.8, 4) is 5.75 Å². The molecule has 1 aromatic heterocycles. The van der Waals surface area contributed by atoms with Crippen LogP contribution in [-0.4, -0.2) is 31.6 Å². The molecule has 0 bridgehead atoms. The number of benzene rings is 1. The van der Waals surface area contributed by atoms with E-state index >= 15 is 0 Å². The predicted molar refractivity (Wildman–Crippen MR) is 91.9 cm³/mol. The highest BCUT2D eigenvalue weighted by molar-refractivity contribution is 9.10. The summed E-state index contributed by atoms with van der Waals surface area (Å²) < 4.78 is 8.57. The highest BCUT2D eigenvalue weighted by Gasteiger charge is 2.13. The Morgan fingerprint density at radius 2 is 2.17 bits per heavy atom. The van der Waals surface area contributed by atoms with Crippen molar-refractivity contribution in [1.29, 1.82) is 0 Å². The molecule has 0 saturated carbocycles. The molecule has 0 fully saturated rings. The molecule has 1 aromatic carbocycles. The van der Waals surface area contributed by atoms with Crippen molar-refractivity contribution in [3.63, 3.8) is 0 Å². The van der Waals surface area contributed by atoms with E-state index in [1.807, 2.05) is 29.7 Å². The lowest BCUT2D eigenvalue weighted by atomic mass is 10.2. The lowest BCUT2D eigenvalue weighted by Gasteiger charge is -2.10. The first-order chi connectivity index (χ1) is 11.0. The Kier molecular flexibility index (Phi) is 6.47. The van der Waals surface area contributed by atoms with Gasteiger partial charge in [0.2, 0.25) is 0 Å². The topological polar surface area (TPSA) is 77.2 Å². The van der Waals surface area contributed by atoms with Crippen molar-refractivity contribution >= 4 is 33.7 Å². The predicted octanol–water partition coefficient (Wildman–Crippen LogP) is 3.38. The number of carboxylic acids is 1. The summed E-state index contributed by atoms with van der Waals surface area (Å²) in [4.78, 5) is 10.7. The van der Waals surface area contributed by atoms with E-state index in [0.29, 0.717) is 17.5 Å². The number of thioether (sulfide) groups is 1. The SMILES string of the molecule is CCc1ccc(OCc2nnc(SCC(=O)O)n2CC)c(Br)c1. The molecule has 0 aliphatic heterocycles. The van der Waals surface area contributed by atoms with Gasteiger partial charge < -0.3 is 14.4 Å². The lowest BCUT2D eigenvalue weighted by molar-refractivity contribution is -0.133. The second-order valence-electron chi connectivity index (χ2n) is 4.73. The number of hydrogen-bond acceptors (Lipinski definition) is 5. The molecule has 1 heterocycles. The average Bonchev–Trinajstić information content (AvgIpc) is 2.93. The van der Waals surface area contributed by atoms with E-state index in [0.717, 1.165) is 28.4 Å². The summed E-state index contributed by atoms with van der Waals surface area (Å²) in [5.74, 6) is 0.501. The maximum atomic E-state index is 10.7. The van der Waals surface area contributed by atoms with E-state index in [1.165, 1.54) is 5.56 Å². The van der Waals surface area contributed by atoms with Crippen molar-refractivity contribution in [3.05, 3.63) is 34.1 Å². The van der Waals surface area contributed by atoms with Crippen LogP contribution in [0, 0.1) is 0 Å². The molecule has 0 amide bonds. The number of carbonyl (C=O) groups is 1. The molecule has 0 saturated heterocycles. The van der Waals surface area contributed by atoms with E-state index in [4.69, 9.17) is 9.84 Å². The van der Waals surface area contributed by atoms with Gasteiger partial charge in [0.05, 0.1) is 10.2 Å². The van der Waals surface area contributed by atoms with Crippen molar-refractivity contribution in [2.45, 2.75) is 38.6 Å². The fourth-order valence-corrected chi connectivity index (χ4v) is 3.28. The number of aryl methyl sites for hydroxylation is 1. The van der Waals surface area contributed by atoms with Crippen LogP contribution in [0.5, 0.6) is 5.75 Å². The van der Waals surface area contributed by atoms with Crippen LogP contribution in [0.15, 0.2) is 27.8 Å². The van der Waals surface area contributed by atoms with Crippen LogP contribution in [0.1, 0.15) is 25.2 Å². The van der Waals surface area contributed by atoms with Crippen LogP contribution in [0.3, 0.4) is 0 Å². The van der Waals surface area contributed by atoms with Crippen LogP contribution in [-0.2, 0) is 24.4 Å². The Labute approximate surface area is 147 Å².